The predicted octanol–water partition coefficient (Wildman–Crippen LogP) is 16.8. The van der Waals surface area contributed by atoms with Crippen molar-refractivity contribution in [3.8, 4) is 73.2 Å². The molecule has 0 unspecified atom stereocenters. The maximum atomic E-state index is 6.39. The monoisotopic (exact) mass is 882 g/mol. The molecule has 0 saturated carbocycles. The standard InChI is InChI=1S/C63H38N4O2/c1-4-16-39(17-5-1)42-30-33-53-50(36-42)51-37-43(40-18-6-2-7-19-40)31-34-54(51)67(53)52-35-32-44(38-49(52)41-20-8-3-9-21-41)61-64-62(47-24-14-28-57-59(47)45-22-10-12-26-55(45)68-57)66-63(65-61)48-25-15-29-58-60(48)46-23-11-13-27-56(46)69-58/h1-38H. The van der Waals surface area contributed by atoms with E-state index in [0.29, 0.717) is 17.5 Å². The summed E-state index contributed by atoms with van der Waals surface area (Å²) in [7, 11) is 0. The molecule has 4 heterocycles. The summed E-state index contributed by atoms with van der Waals surface area (Å²) in [4.78, 5) is 16.1. The van der Waals surface area contributed by atoms with Crippen LogP contribution >= 0.6 is 0 Å². The van der Waals surface area contributed by atoms with E-state index in [2.05, 4.69) is 174 Å². The van der Waals surface area contributed by atoms with Gasteiger partial charge < -0.3 is 13.4 Å². The molecular formula is C63H38N4O2. The molecule has 322 valence electrons. The largest absolute Gasteiger partial charge is 0.456 e. The van der Waals surface area contributed by atoms with E-state index in [4.69, 9.17) is 23.8 Å². The molecule has 0 fully saturated rings. The predicted molar refractivity (Wildman–Crippen MR) is 281 cm³/mol. The molecule has 0 radical (unpaired) electrons. The van der Waals surface area contributed by atoms with Crippen molar-refractivity contribution in [1.29, 1.82) is 0 Å². The lowest BCUT2D eigenvalue weighted by Crippen LogP contribution is -2.02. The Morgan fingerprint density at radius 3 is 1.23 bits per heavy atom. The minimum absolute atomic E-state index is 0.549. The van der Waals surface area contributed by atoms with Gasteiger partial charge in [-0.3, -0.25) is 0 Å². The van der Waals surface area contributed by atoms with Crippen LogP contribution in [-0.4, -0.2) is 19.5 Å². The molecular weight excluding hydrogens is 845 g/mol. The number of nitrogens with zero attached hydrogens (tertiary/aromatic N) is 4. The van der Waals surface area contributed by atoms with Crippen LogP contribution < -0.4 is 0 Å². The van der Waals surface area contributed by atoms with Gasteiger partial charge in [0.1, 0.15) is 22.3 Å². The molecule has 0 N–H and O–H groups in total. The Kier molecular flexibility index (Phi) is 8.79. The second-order valence-corrected chi connectivity index (χ2v) is 17.5. The van der Waals surface area contributed by atoms with Crippen molar-refractivity contribution in [3.63, 3.8) is 0 Å². The number of hydrogen-bond acceptors (Lipinski definition) is 5. The fourth-order valence-electron chi connectivity index (χ4n) is 10.3. The minimum Gasteiger partial charge on any atom is -0.456 e. The molecule has 0 aliphatic heterocycles. The van der Waals surface area contributed by atoms with E-state index in [9.17, 15) is 0 Å². The number of furan rings is 2. The van der Waals surface area contributed by atoms with Crippen LogP contribution in [0.3, 0.4) is 0 Å². The first-order chi connectivity index (χ1) is 34.2. The third kappa shape index (κ3) is 6.38. The van der Waals surface area contributed by atoms with Crippen LogP contribution in [-0.2, 0) is 0 Å². The van der Waals surface area contributed by atoms with Crippen molar-refractivity contribution in [2.75, 3.05) is 0 Å². The summed E-state index contributed by atoms with van der Waals surface area (Å²) in [6.45, 7) is 0. The second kappa shape index (κ2) is 15.6. The number of rotatable bonds is 7. The highest BCUT2D eigenvalue weighted by Gasteiger charge is 2.23. The van der Waals surface area contributed by atoms with Gasteiger partial charge in [-0.15, -0.1) is 0 Å². The van der Waals surface area contributed by atoms with Gasteiger partial charge >= 0.3 is 0 Å². The average Bonchev–Trinajstić information content (AvgIpc) is 4.11. The van der Waals surface area contributed by atoms with Crippen LogP contribution in [0, 0.1) is 0 Å². The van der Waals surface area contributed by atoms with Crippen molar-refractivity contribution < 1.29 is 8.83 Å². The third-order valence-corrected chi connectivity index (χ3v) is 13.5. The van der Waals surface area contributed by atoms with Crippen LogP contribution in [0.15, 0.2) is 239 Å². The zero-order valence-electron chi connectivity index (χ0n) is 37.0. The van der Waals surface area contributed by atoms with Gasteiger partial charge in [0.25, 0.3) is 0 Å². The Labute approximate surface area is 396 Å². The lowest BCUT2D eigenvalue weighted by Gasteiger charge is -2.16. The molecule has 0 aliphatic rings. The van der Waals surface area contributed by atoms with Crippen molar-refractivity contribution in [3.05, 3.63) is 231 Å². The van der Waals surface area contributed by atoms with Crippen LogP contribution in [0.4, 0.5) is 0 Å². The van der Waals surface area contributed by atoms with Crippen LogP contribution in [0.25, 0.3) is 139 Å². The van der Waals surface area contributed by atoms with E-state index >= 15 is 0 Å². The van der Waals surface area contributed by atoms with Gasteiger partial charge in [-0.1, -0.05) is 164 Å². The quantitative estimate of drug-likeness (QED) is 0.159. The summed E-state index contributed by atoms with van der Waals surface area (Å²) in [5.41, 5.74) is 15.8. The molecule has 0 bridgehead atoms. The lowest BCUT2D eigenvalue weighted by atomic mass is 9.99. The molecule has 0 atom stereocenters. The summed E-state index contributed by atoms with van der Waals surface area (Å²) >= 11 is 0. The molecule has 0 aliphatic carbocycles. The van der Waals surface area contributed by atoms with E-state index in [1.807, 2.05) is 60.7 Å². The number of hydrogen-bond donors (Lipinski definition) is 0. The third-order valence-electron chi connectivity index (χ3n) is 13.5. The molecule has 14 rings (SSSR count). The van der Waals surface area contributed by atoms with Gasteiger partial charge in [0.05, 0.1) is 16.7 Å². The summed E-state index contributed by atoms with van der Waals surface area (Å²) < 4.78 is 15.2. The van der Waals surface area contributed by atoms with Gasteiger partial charge in [-0.25, -0.2) is 15.0 Å². The second-order valence-electron chi connectivity index (χ2n) is 17.5. The Bertz CT molecular complexity index is 4070. The zero-order chi connectivity index (χ0) is 45.4. The highest BCUT2D eigenvalue weighted by Crippen LogP contribution is 2.43. The number of para-hydroxylation sites is 2. The zero-order valence-corrected chi connectivity index (χ0v) is 37.0. The van der Waals surface area contributed by atoms with E-state index in [-0.39, 0.29) is 0 Å². The van der Waals surface area contributed by atoms with Gasteiger partial charge in [-0.05, 0) is 94.5 Å². The molecule has 14 aromatic rings. The number of fused-ring (bicyclic) bond motifs is 9. The minimum atomic E-state index is 0.549. The summed E-state index contributed by atoms with van der Waals surface area (Å²) in [5.74, 6) is 1.65. The molecule has 0 saturated heterocycles. The van der Waals surface area contributed by atoms with Gasteiger partial charge in [-0.2, -0.15) is 0 Å². The summed E-state index contributed by atoms with van der Waals surface area (Å²) in [6.07, 6.45) is 0. The highest BCUT2D eigenvalue weighted by molar-refractivity contribution is 6.14. The topological polar surface area (TPSA) is 69.9 Å². The smallest absolute Gasteiger partial charge is 0.164 e. The first-order valence-electron chi connectivity index (χ1n) is 23.2. The van der Waals surface area contributed by atoms with E-state index in [0.717, 1.165) is 88.4 Å². The van der Waals surface area contributed by atoms with Crippen molar-refractivity contribution in [1.82, 2.24) is 19.5 Å². The van der Waals surface area contributed by atoms with Gasteiger partial charge in [0, 0.05) is 54.6 Å². The van der Waals surface area contributed by atoms with Crippen LogP contribution in [0.2, 0.25) is 0 Å². The van der Waals surface area contributed by atoms with Crippen molar-refractivity contribution in [2.24, 2.45) is 0 Å². The molecule has 0 spiro atoms. The van der Waals surface area contributed by atoms with Crippen molar-refractivity contribution >= 4 is 65.7 Å². The molecule has 10 aromatic carbocycles. The maximum Gasteiger partial charge on any atom is 0.164 e. The molecule has 6 nitrogen and oxygen atoms in total. The maximum absolute atomic E-state index is 6.39. The number of benzene rings is 10. The Hall–Kier alpha value is -9.39. The van der Waals surface area contributed by atoms with E-state index in [1.165, 1.54) is 33.0 Å². The normalized spacial score (nSPS) is 11.8. The first-order valence-corrected chi connectivity index (χ1v) is 23.2. The lowest BCUT2D eigenvalue weighted by molar-refractivity contribution is 0.668. The fraction of sp³-hybridized carbons (Fsp3) is 0. The SMILES string of the molecule is c1ccc(-c2ccc3c(c2)c2cc(-c4ccccc4)ccc2n3-c2ccc(-c3nc(-c4cccc5oc6ccccc6c45)nc(-c4cccc5oc6ccccc6c45)n3)cc2-c2ccccc2)cc1. The highest BCUT2D eigenvalue weighted by atomic mass is 16.3. The molecule has 4 aromatic heterocycles. The molecule has 0 amide bonds. The Morgan fingerprint density at radius 1 is 0.275 bits per heavy atom. The van der Waals surface area contributed by atoms with Gasteiger partial charge in [0.15, 0.2) is 17.5 Å². The van der Waals surface area contributed by atoms with E-state index < -0.39 is 0 Å². The van der Waals surface area contributed by atoms with Gasteiger partial charge in [0.2, 0.25) is 0 Å². The number of aromatic nitrogens is 4. The molecule has 69 heavy (non-hydrogen) atoms. The van der Waals surface area contributed by atoms with Crippen LogP contribution in [0.1, 0.15) is 0 Å². The Balaban J connectivity index is 1.02. The van der Waals surface area contributed by atoms with E-state index in [1.54, 1.807) is 0 Å². The average molecular weight is 883 g/mol. The fourth-order valence-corrected chi connectivity index (χ4v) is 10.3. The van der Waals surface area contributed by atoms with Crippen LogP contribution in [0.5, 0.6) is 0 Å². The Morgan fingerprint density at radius 2 is 0.710 bits per heavy atom. The first kappa shape index (κ1) is 38.8. The molecule has 6 heteroatoms. The van der Waals surface area contributed by atoms with Crippen molar-refractivity contribution in [2.45, 2.75) is 0 Å². The summed E-state index contributed by atoms with van der Waals surface area (Å²) in [5, 5.41) is 6.29. The summed E-state index contributed by atoms with van der Waals surface area (Å²) in [6, 6.07) is 80.6.